The first-order valence-electron chi connectivity index (χ1n) is 8.14. The van der Waals surface area contributed by atoms with Gasteiger partial charge in [0.25, 0.3) is 0 Å². The Labute approximate surface area is 148 Å². The number of nitrogens with two attached hydrogens (primary N) is 1. The fourth-order valence-electron chi connectivity index (χ4n) is 2.12. The van der Waals surface area contributed by atoms with Crippen molar-refractivity contribution in [3.05, 3.63) is 36.0 Å². The molecule has 0 fully saturated rings. The standard InChI is InChI=1S/C16H24N6O2S/c1-12(2)7-9-19-16-21-15(11-20-22-16)18-10-8-13-3-5-14(6-4-13)25(17,23)24/h3-6,11-12H,7-10H2,1-2H3,(H2,17,23,24)(H2,18,19,21,22). The van der Waals surface area contributed by atoms with Gasteiger partial charge in [0.2, 0.25) is 16.0 Å². The molecule has 1 heterocycles. The van der Waals surface area contributed by atoms with Crippen LogP contribution in [0.2, 0.25) is 0 Å². The first-order valence-corrected chi connectivity index (χ1v) is 9.68. The SMILES string of the molecule is CC(C)CCNc1nncc(NCCc2ccc(S(N)(=O)=O)cc2)n1. The van der Waals surface area contributed by atoms with E-state index in [1.165, 1.54) is 12.1 Å². The largest absolute Gasteiger partial charge is 0.368 e. The van der Waals surface area contributed by atoms with Crippen molar-refractivity contribution in [1.29, 1.82) is 0 Å². The van der Waals surface area contributed by atoms with Crippen molar-refractivity contribution in [1.82, 2.24) is 15.2 Å². The van der Waals surface area contributed by atoms with Crippen LogP contribution in [0.5, 0.6) is 0 Å². The maximum Gasteiger partial charge on any atom is 0.244 e. The van der Waals surface area contributed by atoms with E-state index in [0.29, 0.717) is 30.6 Å². The number of hydrogen-bond acceptors (Lipinski definition) is 7. The summed E-state index contributed by atoms with van der Waals surface area (Å²) in [5.41, 5.74) is 0.997. The third kappa shape index (κ3) is 6.63. The summed E-state index contributed by atoms with van der Waals surface area (Å²) in [7, 11) is -3.65. The van der Waals surface area contributed by atoms with E-state index in [2.05, 4.69) is 39.7 Å². The zero-order valence-electron chi connectivity index (χ0n) is 14.4. The van der Waals surface area contributed by atoms with E-state index in [0.717, 1.165) is 18.5 Å². The summed E-state index contributed by atoms with van der Waals surface area (Å²) in [4.78, 5) is 4.47. The number of primary sulfonamides is 1. The number of nitrogens with zero attached hydrogens (tertiary/aromatic N) is 3. The number of sulfonamides is 1. The molecule has 0 amide bonds. The van der Waals surface area contributed by atoms with Gasteiger partial charge in [0, 0.05) is 13.1 Å². The molecule has 0 aliphatic rings. The molecule has 0 aliphatic heterocycles. The van der Waals surface area contributed by atoms with Crippen LogP contribution in [-0.4, -0.2) is 36.7 Å². The lowest BCUT2D eigenvalue weighted by Crippen LogP contribution is -2.13. The van der Waals surface area contributed by atoms with E-state index in [1.807, 2.05) is 0 Å². The second kappa shape index (κ2) is 8.72. The van der Waals surface area contributed by atoms with Gasteiger partial charge in [0.1, 0.15) is 0 Å². The Bertz CT molecular complexity index is 777. The Kier molecular flexibility index (Phi) is 6.65. The van der Waals surface area contributed by atoms with Crippen molar-refractivity contribution < 1.29 is 8.42 Å². The van der Waals surface area contributed by atoms with E-state index in [9.17, 15) is 8.42 Å². The minimum absolute atomic E-state index is 0.112. The predicted octanol–water partition coefficient (Wildman–Crippen LogP) is 1.63. The summed E-state index contributed by atoms with van der Waals surface area (Å²) in [5.74, 6) is 1.76. The number of rotatable bonds is 9. The minimum Gasteiger partial charge on any atom is -0.368 e. The first kappa shape index (κ1) is 19.1. The Morgan fingerprint density at radius 1 is 1.12 bits per heavy atom. The van der Waals surface area contributed by atoms with Crippen LogP contribution in [0.4, 0.5) is 11.8 Å². The van der Waals surface area contributed by atoms with Crippen LogP contribution in [0.1, 0.15) is 25.8 Å². The van der Waals surface area contributed by atoms with Crippen molar-refractivity contribution in [2.45, 2.75) is 31.6 Å². The molecule has 9 heteroatoms. The van der Waals surface area contributed by atoms with Crippen molar-refractivity contribution in [2.24, 2.45) is 11.1 Å². The molecule has 0 radical (unpaired) electrons. The fourth-order valence-corrected chi connectivity index (χ4v) is 2.63. The number of anilines is 2. The van der Waals surface area contributed by atoms with Crippen molar-refractivity contribution in [2.75, 3.05) is 23.7 Å². The lowest BCUT2D eigenvalue weighted by molar-refractivity contribution is 0.597. The second-order valence-corrected chi connectivity index (χ2v) is 7.70. The van der Waals surface area contributed by atoms with Crippen molar-refractivity contribution in [3.63, 3.8) is 0 Å². The third-order valence-electron chi connectivity index (χ3n) is 3.54. The Morgan fingerprint density at radius 3 is 2.48 bits per heavy atom. The average Bonchev–Trinajstić information content (AvgIpc) is 2.55. The van der Waals surface area contributed by atoms with Gasteiger partial charge >= 0.3 is 0 Å². The van der Waals surface area contributed by atoms with Gasteiger partial charge in [-0.3, -0.25) is 0 Å². The van der Waals surface area contributed by atoms with Crippen LogP contribution in [-0.2, 0) is 16.4 Å². The summed E-state index contributed by atoms with van der Waals surface area (Å²) in [6.07, 6.45) is 3.32. The van der Waals surface area contributed by atoms with Crippen LogP contribution >= 0.6 is 0 Å². The summed E-state index contributed by atoms with van der Waals surface area (Å²) >= 11 is 0. The molecule has 0 atom stereocenters. The molecular formula is C16H24N6O2S. The maximum absolute atomic E-state index is 11.2. The zero-order chi connectivity index (χ0) is 18.3. The van der Waals surface area contributed by atoms with Gasteiger partial charge in [-0.2, -0.15) is 10.1 Å². The molecule has 136 valence electrons. The second-order valence-electron chi connectivity index (χ2n) is 6.14. The van der Waals surface area contributed by atoms with E-state index >= 15 is 0 Å². The smallest absolute Gasteiger partial charge is 0.244 e. The quantitative estimate of drug-likeness (QED) is 0.618. The summed E-state index contributed by atoms with van der Waals surface area (Å²) < 4.78 is 22.5. The summed E-state index contributed by atoms with van der Waals surface area (Å²) in [6.45, 7) is 5.76. The molecule has 2 rings (SSSR count). The molecule has 1 aromatic carbocycles. The molecule has 0 aliphatic carbocycles. The average molecular weight is 364 g/mol. The molecule has 0 spiro atoms. The van der Waals surface area contributed by atoms with Gasteiger partial charge in [-0.15, -0.1) is 5.10 Å². The topological polar surface area (TPSA) is 123 Å². The first-order chi connectivity index (χ1) is 11.8. The number of aromatic nitrogens is 3. The molecule has 2 aromatic rings. The molecule has 0 saturated carbocycles. The maximum atomic E-state index is 11.2. The van der Waals surface area contributed by atoms with Gasteiger partial charge in [-0.25, -0.2) is 13.6 Å². The molecule has 8 nitrogen and oxygen atoms in total. The number of nitrogens with one attached hydrogen (secondary N) is 2. The molecule has 25 heavy (non-hydrogen) atoms. The van der Waals surface area contributed by atoms with Crippen LogP contribution in [0.15, 0.2) is 35.4 Å². The number of benzene rings is 1. The van der Waals surface area contributed by atoms with E-state index in [1.54, 1.807) is 18.3 Å². The molecule has 0 bridgehead atoms. The third-order valence-corrected chi connectivity index (χ3v) is 4.46. The minimum atomic E-state index is -3.65. The highest BCUT2D eigenvalue weighted by Gasteiger charge is 2.06. The Balaban J connectivity index is 1.83. The molecule has 0 unspecified atom stereocenters. The highest BCUT2D eigenvalue weighted by Crippen LogP contribution is 2.10. The van der Waals surface area contributed by atoms with Crippen LogP contribution in [0.3, 0.4) is 0 Å². The molecule has 1 aromatic heterocycles. The Hall–Kier alpha value is -2.26. The van der Waals surface area contributed by atoms with Gasteiger partial charge in [-0.1, -0.05) is 26.0 Å². The normalized spacial score (nSPS) is 11.5. The lowest BCUT2D eigenvalue weighted by Gasteiger charge is -2.09. The van der Waals surface area contributed by atoms with E-state index < -0.39 is 10.0 Å². The predicted molar refractivity (Wildman–Crippen MR) is 97.8 cm³/mol. The van der Waals surface area contributed by atoms with Crippen molar-refractivity contribution in [3.8, 4) is 0 Å². The molecular weight excluding hydrogens is 340 g/mol. The lowest BCUT2D eigenvalue weighted by atomic mass is 10.1. The fraction of sp³-hybridized carbons (Fsp3) is 0.438. The van der Waals surface area contributed by atoms with Gasteiger partial charge < -0.3 is 10.6 Å². The summed E-state index contributed by atoms with van der Waals surface area (Å²) in [5, 5.41) is 19.3. The van der Waals surface area contributed by atoms with Gasteiger partial charge in [0.05, 0.1) is 11.1 Å². The van der Waals surface area contributed by atoms with E-state index in [-0.39, 0.29) is 4.90 Å². The molecule has 4 N–H and O–H groups in total. The van der Waals surface area contributed by atoms with Gasteiger partial charge in [0.15, 0.2) is 5.82 Å². The van der Waals surface area contributed by atoms with Gasteiger partial charge in [-0.05, 0) is 36.5 Å². The summed E-state index contributed by atoms with van der Waals surface area (Å²) in [6, 6.07) is 6.51. The van der Waals surface area contributed by atoms with Crippen LogP contribution in [0, 0.1) is 5.92 Å². The zero-order valence-corrected chi connectivity index (χ0v) is 15.3. The monoisotopic (exact) mass is 364 g/mol. The van der Waals surface area contributed by atoms with Crippen molar-refractivity contribution >= 4 is 21.8 Å². The number of hydrogen-bond donors (Lipinski definition) is 3. The van der Waals surface area contributed by atoms with Crippen LogP contribution in [0.25, 0.3) is 0 Å². The Morgan fingerprint density at radius 2 is 1.84 bits per heavy atom. The highest BCUT2D eigenvalue weighted by atomic mass is 32.2. The molecule has 0 saturated heterocycles. The van der Waals surface area contributed by atoms with E-state index in [4.69, 9.17) is 5.14 Å². The van der Waals surface area contributed by atoms with Crippen LogP contribution < -0.4 is 15.8 Å². The highest BCUT2D eigenvalue weighted by molar-refractivity contribution is 7.89.